The summed E-state index contributed by atoms with van der Waals surface area (Å²) in [6.07, 6.45) is -5.09. The number of carbonyl (C=O) groups excluding carboxylic acids is 1. The van der Waals surface area contributed by atoms with Crippen molar-refractivity contribution in [2.24, 2.45) is 5.73 Å². The topological polar surface area (TPSA) is 83.7 Å². The van der Waals surface area contributed by atoms with Gasteiger partial charge in [0.25, 0.3) is 5.88 Å². The van der Waals surface area contributed by atoms with E-state index in [0.717, 1.165) is 7.11 Å². The van der Waals surface area contributed by atoms with Gasteiger partial charge in [-0.1, -0.05) is 0 Å². The Hall–Kier alpha value is -2.03. The summed E-state index contributed by atoms with van der Waals surface area (Å²) < 4.78 is 49.7. The minimum Gasteiger partial charge on any atom is -0.491 e. The molecule has 0 spiro atoms. The fraction of sp³-hybridized carbons (Fsp3) is 0.455. The lowest BCUT2D eigenvalue weighted by Crippen LogP contribution is -2.20. The maximum Gasteiger partial charge on any atom is 0.574 e. The molecule has 1 aromatic rings. The van der Waals surface area contributed by atoms with E-state index in [0.29, 0.717) is 5.56 Å². The van der Waals surface area contributed by atoms with Crippen LogP contribution in [-0.2, 0) is 22.5 Å². The molecule has 9 heteroatoms. The summed E-state index contributed by atoms with van der Waals surface area (Å²) in [5.41, 5.74) is 5.80. The number of alkyl halides is 3. The monoisotopic (exact) mass is 294 g/mol. The van der Waals surface area contributed by atoms with E-state index in [2.05, 4.69) is 14.5 Å². The molecule has 2 N–H and O–H groups in total. The van der Waals surface area contributed by atoms with Gasteiger partial charge in [-0.05, 0) is 11.6 Å². The number of pyridine rings is 1. The van der Waals surface area contributed by atoms with Gasteiger partial charge in [-0.25, -0.2) is 4.98 Å². The number of halogens is 3. The Labute approximate surface area is 112 Å². The molecule has 0 unspecified atom stereocenters. The molecule has 1 rings (SSSR count). The van der Waals surface area contributed by atoms with Crippen molar-refractivity contribution in [1.29, 1.82) is 0 Å². The number of ether oxygens (including phenoxy) is 3. The standard InChI is InChI=1S/C11H13F3N2O4/c1-18-8-3-6(4-9(17)19-2)7(5-15)16-10(8)20-11(12,13)14/h3H,4-5,15H2,1-2H3. The summed E-state index contributed by atoms with van der Waals surface area (Å²) in [5, 5.41) is 0. The third kappa shape index (κ3) is 4.26. The van der Waals surface area contributed by atoms with E-state index in [-0.39, 0.29) is 24.4 Å². The summed E-state index contributed by atoms with van der Waals surface area (Å²) >= 11 is 0. The number of rotatable bonds is 5. The molecule has 0 radical (unpaired) electrons. The zero-order chi connectivity index (χ0) is 15.3. The van der Waals surface area contributed by atoms with E-state index in [1.54, 1.807) is 0 Å². The lowest BCUT2D eigenvalue weighted by atomic mass is 10.1. The van der Waals surface area contributed by atoms with Crippen LogP contribution in [0.3, 0.4) is 0 Å². The van der Waals surface area contributed by atoms with Crippen molar-refractivity contribution < 1.29 is 32.2 Å². The highest BCUT2D eigenvalue weighted by atomic mass is 19.4. The van der Waals surface area contributed by atoms with Crippen LogP contribution in [0, 0.1) is 0 Å². The minimum atomic E-state index is -4.91. The van der Waals surface area contributed by atoms with E-state index in [9.17, 15) is 18.0 Å². The number of hydrogen-bond donors (Lipinski definition) is 1. The molecule has 0 aromatic carbocycles. The van der Waals surface area contributed by atoms with Gasteiger partial charge >= 0.3 is 12.3 Å². The molecule has 0 saturated heterocycles. The zero-order valence-electron chi connectivity index (χ0n) is 10.8. The first-order chi connectivity index (χ1) is 9.30. The minimum absolute atomic E-state index is 0.0930. The molecule has 0 fully saturated rings. The highest BCUT2D eigenvalue weighted by Gasteiger charge is 2.34. The lowest BCUT2D eigenvalue weighted by Gasteiger charge is -2.15. The normalized spacial score (nSPS) is 11.1. The lowest BCUT2D eigenvalue weighted by molar-refractivity contribution is -0.276. The van der Waals surface area contributed by atoms with E-state index < -0.39 is 18.2 Å². The zero-order valence-corrected chi connectivity index (χ0v) is 10.8. The first-order valence-corrected chi connectivity index (χ1v) is 5.40. The molecule has 0 amide bonds. The highest BCUT2D eigenvalue weighted by molar-refractivity contribution is 5.73. The summed E-state index contributed by atoms with van der Waals surface area (Å²) in [6, 6.07) is 1.22. The summed E-state index contributed by atoms with van der Waals surface area (Å²) in [4.78, 5) is 14.9. The molecule has 1 heterocycles. The van der Waals surface area contributed by atoms with Crippen LogP contribution in [0.25, 0.3) is 0 Å². The maximum absolute atomic E-state index is 12.2. The number of methoxy groups -OCH3 is 2. The van der Waals surface area contributed by atoms with Gasteiger partial charge < -0.3 is 19.9 Å². The predicted molar refractivity (Wildman–Crippen MR) is 61.1 cm³/mol. The van der Waals surface area contributed by atoms with Gasteiger partial charge in [0.2, 0.25) is 0 Å². The second-order valence-electron chi connectivity index (χ2n) is 3.61. The first kappa shape index (κ1) is 16.0. The van der Waals surface area contributed by atoms with Gasteiger partial charge in [-0.15, -0.1) is 13.2 Å². The fourth-order valence-electron chi connectivity index (χ4n) is 1.44. The second kappa shape index (κ2) is 6.42. The van der Waals surface area contributed by atoms with Crippen molar-refractivity contribution in [1.82, 2.24) is 4.98 Å². The number of hydrogen-bond acceptors (Lipinski definition) is 6. The van der Waals surface area contributed by atoms with Crippen LogP contribution < -0.4 is 15.2 Å². The van der Waals surface area contributed by atoms with Gasteiger partial charge in [0.05, 0.1) is 26.3 Å². The molecule has 1 aromatic heterocycles. The van der Waals surface area contributed by atoms with Crippen LogP contribution in [0.15, 0.2) is 6.07 Å². The van der Waals surface area contributed by atoms with Crippen molar-refractivity contribution in [3.8, 4) is 11.6 Å². The maximum atomic E-state index is 12.2. The number of nitrogens with two attached hydrogens (primary N) is 1. The van der Waals surface area contributed by atoms with Crippen molar-refractivity contribution >= 4 is 5.97 Å². The van der Waals surface area contributed by atoms with Crippen LogP contribution in [0.2, 0.25) is 0 Å². The average Bonchev–Trinajstić information content (AvgIpc) is 2.37. The number of aromatic nitrogens is 1. The highest BCUT2D eigenvalue weighted by Crippen LogP contribution is 2.32. The van der Waals surface area contributed by atoms with Crippen LogP contribution in [-0.4, -0.2) is 31.5 Å². The second-order valence-corrected chi connectivity index (χ2v) is 3.61. The quantitative estimate of drug-likeness (QED) is 0.820. The van der Waals surface area contributed by atoms with Crippen LogP contribution in [0.5, 0.6) is 11.6 Å². The number of esters is 1. The van der Waals surface area contributed by atoms with E-state index in [4.69, 9.17) is 10.5 Å². The van der Waals surface area contributed by atoms with E-state index >= 15 is 0 Å². The molecule has 20 heavy (non-hydrogen) atoms. The molecule has 112 valence electrons. The molecular weight excluding hydrogens is 281 g/mol. The molecular formula is C11H13F3N2O4. The van der Waals surface area contributed by atoms with E-state index in [1.807, 2.05) is 0 Å². The smallest absolute Gasteiger partial charge is 0.491 e. The van der Waals surface area contributed by atoms with Crippen LogP contribution in [0.4, 0.5) is 13.2 Å². The third-order valence-corrected chi connectivity index (χ3v) is 2.31. The third-order valence-electron chi connectivity index (χ3n) is 2.31. The van der Waals surface area contributed by atoms with Gasteiger partial charge in [0.1, 0.15) is 0 Å². The summed E-state index contributed by atoms with van der Waals surface area (Å²) in [5.74, 6) is -1.58. The molecule has 0 aliphatic carbocycles. The summed E-state index contributed by atoms with van der Waals surface area (Å²) in [7, 11) is 2.35. The van der Waals surface area contributed by atoms with Crippen molar-refractivity contribution in [3.05, 3.63) is 17.3 Å². The van der Waals surface area contributed by atoms with Gasteiger partial charge in [0, 0.05) is 6.54 Å². The molecule has 0 aliphatic heterocycles. The van der Waals surface area contributed by atoms with Crippen molar-refractivity contribution in [2.45, 2.75) is 19.3 Å². The molecule has 0 saturated carbocycles. The largest absolute Gasteiger partial charge is 0.574 e. The van der Waals surface area contributed by atoms with Crippen LogP contribution >= 0.6 is 0 Å². The Balaban J connectivity index is 3.19. The Bertz CT molecular complexity index is 491. The first-order valence-electron chi connectivity index (χ1n) is 5.40. The van der Waals surface area contributed by atoms with E-state index in [1.165, 1.54) is 13.2 Å². The SMILES string of the molecule is COC(=O)Cc1cc(OC)c(OC(F)(F)F)nc1CN. The average molecular weight is 294 g/mol. The molecule has 0 atom stereocenters. The molecule has 0 bridgehead atoms. The fourth-order valence-corrected chi connectivity index (χ4v) is 1.44. The Morgan fingerprint density at radius 3 is 2.50 bits per heavy atom. The number of carbonyl (C=O) groups is 1. The van der Waals surface area contributed by atoms with Gasteiger partial charge in [-0.3, -0.25) is 4.79 Å². The van der Waals surface area contributed by atoms with Crippen LogP contribution in [0.1, 0.15) is 11.3 Å². The Morgan fingerprint density at radius 2 is 2.05 bits per heavy atom. The molecule has 0 aliphatic rings. The van der Waals surface area contributed by atoms with Gasteiger partial charge in [0.15, 0.2) is 5.75 Å². The van der Waals surface area contributed by atoms with Crippen molar-refractivity contribution in [2.75, 3.05) is 14.2 Å². The molecule has 6 nitrogen and oxygen atoms in total. The number of nitrogens with zero attached hydrogens (tertiary/aromatic N) is 1. The van der Waals surface area contributed by atoms with Gasteiger partial charge in [-0.2, -0.15) is 0 Å². The Morgan fingerprint density at radius 1 is 1.40 bits per heavy atom. The van der Waals surface area contributed by atoms with Crippen molar-refractivity contribution in [3.63, 3.8) is 0 Å². The predicted octanol–water partition coefficient (Wildman–Crippen LogP) is 1.16. The Kier molecular flexibility index (Phi) is 5.14. The summed E-state index contributed by atoms with van der Waals surface area (Å²) in [6.45, 7) is -0.162.